The second-order valence-corrected chi connectivity index (χ2v) is 13.1. The van der Waals surface area contributed by atoms with Crippen molar-refractivity contribution < 1.29 is 24.4 Å². The molecule has 4 atom stereocenters. The quantitative estimate of drug-likeness (QED) is 0.0900. The van der Waals surface area contributed by atoms with Crippen LogP contribution < -0.4 is 10.6 Å². The molecule has 2 fully saturated rings. The maximum absolute atomic E-state index is 13.8. The topological polar surface area (TPSA) is 119 Å². The highest BCUT2D eigenvalue weighted by Crippen LogP contribution is 2.32. The third kappa shape index (κ3) is 8.39. The summed E-state index contributed by atoms with van der Waals surface area (Å²) in [6, 6.07) is 8.25. The largest absolute Gasteiger partial charge is 0.349 e. The molecule has 0 bridgehead atoms. The van der Waals surface area contributed by atoms with Gasteiger partial charge in [-0.3, -0.25) is 24.4 Å². The van der Waals surface area contributed by atoms with Crippen molar-refractivity contribution in [2.45, 2.75) is 81.8 Å². The van der Waals surface area contributed by atoms with Gasteiger partial charge in [-0.1, -0.05) is 87.2 Å². The van der Waals surface area contributed by atoms with E-state index in [1.165, 1.54) is 0 Å². The predicted molar refractivity (Wildman–Crippen MR) is 152 cm³/mol. The molecule has 3 rings (SSSR count). The highest BCUT2D eigenvalue weighted by molar-refractivity contribution is 14.1. The number of carbonyl (C=O) groups excluding carboxylic acids is 4. The number of hydrogen-bond acceptors (Lipinski definition) is 5. The lowest BCUT2D eigenvalue weighted by Gasteiger charge is -2.41. The van der Waals surface area contributed by atoms with Crippen molar-refractivity contribution in [3.63, 3.8) is 0 Å². The number of nitrogens with zero attached hydrogens (tertiary/aromatic N) is 2. The molecule has 4 amide bonds. The van der Waals surface area contributed by atoms with E-state index in [1.54, 1.807) is 17.0 Å². The summed E-state index contributed by atoms with van der Waals surface area (Å²) < 4.78 is -0.144. The van der Waals surface area contributed by atoms with Gasteiger partial charge in [0.1, 0.15) is 6.04 Å². The molecule has 3 N–H and O–H groups in total. The number of nitrogens with one attached hydrogen (secondary N) is 2. The first-order chi connectivity index (χ1) is 18.0. The second kappa shape index (κ2) is 13.7. The number of alkyl halides is 1. The van der Waals surface area contributed by atoms with Crippen molar-refractivity contribution in [3.8, 4) is 0 Å². The Kier molecular flexibility index (Phi) is 11.0. The van der Waals surface area contributed by atoms with Crippen LogP contribution in [-0.4, -0.2) is 68.5 Å². The Morgan fingerprint density at radius 3 is 2.39 bits per heavy atom. The van der Waals surface area contributed by atoms with Gasteiger partial charge in [0.2, 0.25) is 18.2 Å². The van der Waals surface area contributed by atoms with Crippen molar-refractivity contribution in [1.29, 1.82) is 0 Å². The fourth-order valence-corrected chi connectivity index (χ4v) is 6.58. The highest BCUT2D eigenvalue weighted by Gasteiger charge is 2.41. The van der Waals surface area contributed by atoms with Gasteiger partial charge in [0, 0.05) is 18.2 Å². The van der Waals surface area contributed by atoms with Crippen molar-refractivity contribution in [3.05, 3.63) is 35.9 Å². The van der Waals surface area contributed by atoms with E-state index in [4.69, 9.17) is 0 Å². The van der Waals surface area contributed by atoms with Crippen LogP contribution in [0.25, 0.3) is 0 Å². The summed E-state index contributed by atoms with van der Waals surface area (Å²) in [7, 11) is 0. The first-order valence-corrected chi connectivity index (χ1v) is 14.8. The van der Waals surface area contributed by atoms with Crippen LogP contribution in [0.3, 0.4) is 0 Å². The monoisotopic (exact) mass is 640 g/mol. The summed E-state index contributed by atoms with van der Waals surface area (Å²) in [5, 5.41) is 16.4. The molecule has 1 saturated heterocycles. The minimum absolute atomic E-state index is 0.0500. The van der Waals surface area contributed by atoms with Crippen LogP contribution in [0.4, 0.5) is 0 Å². The Balaban J connectivity index is 1.65. The second-order valence-electron chi connectivity index (χ2n) is 11.6. The minimum atomic E-state index is -0.767. The van der Waals surface area contributed by atoms with Crippen molar-refractivity contribution in [1.82, 2.24) is 20.6 Å². The lowest BCUT2D eigenvalue weighted by Crippen LogP contribution is -2.59. The van der Waals surface area contributed by atoms with Crippen LogP contribution >= 0.6 is 22.6 Å². The molecule has 0 radical (unpaired) electrons. The van der Waals surface area contributed by atoms with Crippen LogP contribution in [0.5, 0.6) is 0 Å². The van der Waals surface area contributed by atoms with E-state index >= 15 is 0 Å². The number of amides is 4. The average molecular weight is 641 g/mol. The standard InChI is InChI=1S/C28H41IN4O5/c1-28(2,3)24(31-26(36)21(17-32(38)18-34)15-19-9-7-8-10-19)27(37)33-14-13-22(16-23(33)29)30-25(35)20-11-5-4-6-12-20/h4-6,11-12,18-19,21-24,38H,7-10,13-17H2,1-3H3,(H,30,35)(H,31,36). The van der Waals surface area contributed by atoms with E-state index in [0.717, 1.165) is 25.7 Å². The summed E-state index contributed by atoms with van der Waals surface area (Å²) in [4.78, 5) is 52.7. The number of halogens is 1. The molecule has 210 valence electrons. The van der Waals surface area contributed by atoms with Crippen molar-refractivity contribution in [2.75, 3.05) is 13.1 Å². The number of hydrogen-bond donors (Lipinski definition) is 3. The van der Waals surface area contributed by atoms with Gasteiger partial charge < -0.3 is 15.5 Å². The zero-order valence-corrected chi connectivity index (χ0v) is 24.7. The Morgan fingerprint density at radius 1 is 1.16 bits per heavy atom. The molecular weight excluding hydrogens is 599 g/mol. The van der Waals surface area contributed by atoms with Gasteiger partial charge in [-0.2, -0.15) is 0 Å². The van der Waals surface area contributed by atoms with E-state index in [9.17, 15) is 24.4 Å². The van der Waals surface area contributed by atoms with Gasteiger partial charge in [-0.05, 0) is 42.7 Å². The number of hydroxylamine groups is 2. The maximum Gasteiger partial charge on any atom is 0.251 e. The average Bonchev–Trinajstić information content (AvgIpc) is 3.39. The van der Waals surface area contributed by atoms with Gasteiger partial charge in [-0.25, -0.2) is 5.06 Å². The van der Waals surface area contributed by atoms with Crippen molar-refractivity contribution >= 4 is 46.7 Å². The van der Waals surface area contributed by atoms with E-state index in [-0.39, 0.29) is 34.4 Å². The molecule has 10 heteroatoms. The Labute approximate surface area is 239 Å². The van der Waals surface area contributed by atoms with E-state index < -0.39 is 17.4 Å². The normalized spacial score (nSPS) is 21.9. The lowest BCUT2D eigenvalue weighted by molar-refractivity contribution is -0.156. The van der Waals surface area contributed by atoms with Crippen LogP contribution in [0.1, 0.15) is 76.1 Å². The van der Waals surface area contributed by atoms with Crippen LogP contribution in [0.15, 0.2) is 30.3 Å². The van der Waals surface area contributed by atoms with Gasteiger partial charge in [0.05, 0.1) is 16.5 Å². The molecule has 1 saturated carbocycles. The summed E-state index contributed by atoms with van der Waals surface area (Å²) in [6.07, 6.45) is 6.42. The predicted octanol–water partition coefficient (Wildman–Crippen LogP) is 3.74. The third-order valence-electron chi connectivity index (χ3n) is 7.58. The zero-order valence-electron chi connectivity index (χ0n) is 22.6. The smallest absolute Gasteiger partial charge is 0.251 e. The number of rotatable bonds is 10. The number of benzene rings is 1. The summed E-state index contributed by atoms with van der Waals surface area (Å²) in [6.45, 7) is 6.12. The molecule has 0 aromatic heterocycles. The Hall–Kier alpha value is -2.21. The molecule has 9 nitrogen and oxygen atoms in total. The third-order valence-corrected chi connectivity index (χ3v) is 8.76. The Bertz CT molecular complexity index is 964. The molecule has 1 aromatic rings. The molecule has 1 aliphatic heterocycles. The molecule has 38 heavy (non-hydrogen) atoms. The van der Waals surface area contributed by atoms with Crippen LogP contribution in [0, 0.1) is 17.3 Å². The summed E-state index contributed by atoms with van der Waals surface area (Å²) in [5.74, 6) is -0.825. The SMILES string of the molecule is CC(C)(C)C(NC(=O)C(CC1CCCC1)CN(O)C=O)C(=O)N1CCC(NC(=O)c2ccccc2)CC1I. The number of piperidine rings is 1. The fraction of sp³-hybridized carbons (Fsp3) is 0.643. The molecular formula is C28H41IN4O5. The number of carbonyl (C=O) groups is 4. The van der Waals surface area contributed by atoms with Crippen LogP contribution in [-0.2, 0) is 14.4 Å². The molecule has 1 aliphatic carbocycles. The molecule has 0 spiro atoms. The van der Waals surface area contributed by atoms with Gasteiger partial charge in [0.25, 0.3) is 5.91 Å². The Morgan fingerprint density at radius 2 is 1.82 bits per heavy atom. The maximum atomic E-state index is 13.8. The van der Waals surface area contributed by atoms with Crippen LogP contribution in [0.2, 0.25) is 0 Å². The lowest BCUT2D eigenvalue weighted by atomic mass is 9.84. The molecule has 4 unspecified atom stereocenters. The van der Waals surface area contributed by atoms with Crippen molar-refractivity contribution in [2.24, 2.45) is 17.3 Å². The van der Waals surface area contributed by atoms with Gasteiger partial charge >= 0.3 is 0 Å². The summed E-state index contributed by atoms with van der Waals surface area (Å²) >= 11 is 2.24. The zero-order chi connectivity index (χ0) is 27.9. The van der Waals surface area contributed by atoms with Gasteiger partial charge in [0.15, 0.2) is 0 Å². The minimum Gasteiger partial charge on any atom is -0.349 e. The molecule has 2 aliphatic rings. The summed E-state index contributed by atoms with van der Waals surface area (Å²) in [5.41, 5.74) is 0.0536. The number of likely N-dealkylation sites (tertiary alicyclic amines) is 1. The first kappa shape index (κ1) is 30.3. The first-order valence-electron chi connectivity index (χ1n) is 13.5. The van der Waals surface area contributed by atoms with E-state index in [2.05, 4.69) is 33.2 Å². The van der Waals surface area contributed by atoms with E-state index in [0.29, 0.717) is 48.8 Å². The van der Waals surface area contributed by atoms with E-state index in [1.807, 2.05) is 39.0 Å². The molecule has 1 aromatic carbocycles. The van der Waals surface area contributed by atoms with Gasteiger partial charge in [-0.15, -0.1) is 0 Å². The fourth-order valence-electron chi connectivity index (χ4n) is 5.41. The molecule has 1 heterocycles. The highest BCUT2D eigenvalue weighted by atomic mass is 127.